The molecule has 1 aliphatic rings. The zero-order chi connectivity index (χ0) is 14.5. The summed E-state index contributed by atoms with van der Waals surface area (Å²) in [6.07, 6.45) is 2.60. The van der Waals surface area contributed by atoms with Gasteiger partial charge in [-0.3, -0.25) is 4.90 Å². The molecule has 1 atom stereocenters. The van der Waals surface area contributed by atoms with Gasteiger partial charge >= 0.3 is 0 Å². The lowest BCUT2D eigenvalue weighted by molar-refractivity contribution is 0.133. The van der Waals surface area contributed by atoms with Crippen molar-refractivity contribution in [3.63, 3.8) is 0 Å². The van der Waals surface area contributed by atoms with E-state index in [1.165, 1.54) is 42.6 Å². The number of aryl methyl sites for hydroxylation is 2. The molecule has 1 aromatic rings. The third-order valence-electron chi connectivity index (χ3n) is 4.91. The molecule has 1 unspecified atom stereocenters. The summed E-state index contributed by atoms with van der Waals surface area (Å²) in [5, 5.41) is 3.50. The van der Waals surface area contributed by atoms with E-state index in [1.54, 1.807) is 0 Å². The summed E-state index contributed by atoms with van der Waals surface area (Å²) in [6, 6.07) is 7.65. The van der Waals surface area contributed by atoms with Gasteiger partial charge in [0.2, 0.25) is 0 Å². The van der Waals surface area contributed by atoms with Crippen LogP contribution in [0.2, 0.25) is 0 Å². The van der Waals surface area contributed by atoms with E-state index in [2.05, 4.69) is 56.1 Å². The average Bonchev–Trinajstić information content (AvgIpc) is 2.48. The van der Waals surface area contributed by atoms with Gasteiger partial charge in [-0.1, -0.05) is 32.0 Å². The summed E-state index contributed by atoms with van der Waals surface area (Å²) in [6.45, 7) is 13.6. The van der Waals surface area contributed by atoms with E-state index in [1.807, 2.05) is 0 Å². The molecular weight excluding hydrogens is 244 g/mol. The lowest BCUT2D eigenvalue weighted by Gasteiger charge is -2.38. The highest BCUT2D eigenvalue weighted by molar-refractivity contribution is 5.32. The largest absolute Gasteiger partial charge is 0.317 e. The Morgan fingerprint density at radius 1 is 1.10 bits per heavy atom. The van der Waals surface area contributed by atoms with Crippen LogP contribution in [0.25, 0.3) is 0 Å². The molecule has 0 spiro atoms. The van der Waals surface area contributed by atoms with Gasteiger partial charge in [0.1, 0.15) is 0 Å². The van der Waals surface area contributed by atoms with Crippen LogP contribution in [0.15, 0.2) is 18.2 Å². The number of nitrogens with zero attached hydrogens (tertiary/aromatic N) is 1. The van der Waals surface area contributed by atoms with Gasteiger partial charge in [0, 0.05) is 6.04 Å². The molecule has 1 fully saturated rings. The van der Waals surface area contributed by atoms with Crippen molar-refractivity contribution in [1.82, 2.24) is 10.2 Å². The van der Waals surface area contributed by atoms with Gasteiger partial charge in [0.05, 0.1) is 0 Å². The Morgan fingerprint density at radius 3 is 2.30 bits per heavy atom. The molecule has 0 saturated carbocycles. The Labute approximate surface area is 124 Å². The minimum absolute atomic E-state index is 0.589. The molecule has 2 nitrogen and oxygen atoms in total. The second-order valence-corrected chi connectivity index (χ2v) is 6.10. The van der Waals surface area contributed by atoms with Crippen molar-refractivity contribution in [2.75, 3.05) is 26.2 Å². The van der Waals surface area contributed by atoms with Crippen molar-refractivity contribution in [3.05, 3.63) is 34.9 Å². The molecule has 1 heterocycles. The van der Waals surface area contributed by atoms with Crippen LogP contribution < -0.4 is 5.32 Å². The van der Waals surface area contributed by atoms with Crippen LogP contribution in [-0.2, 0) is 0 Å². The first kappa shape index (κ1) is 15.5. The molecule has 0 bridgehead atoms. The average molecular weight is 274 g/mol. The summed E-state index contributed by atoms with van der Waals surface area (Å²) in [5.41, 5.74) is 4.34. The highest BCUT2D eigenvalue weighted by Gasteiger charge is 2.28. The van der Waals surface area contributed by atoms with Crippen LogP contribution in [0.1, 0.15) is 49.4 Å². The Balaban J connectivity index is 2.30. The quantitative estimate of drug-likeness (QED) is 0.881. The summed E-state index contributed by atoms with van der Waals surface area (Å²) in [4.78, 5) is 2.64. The van der Waals surface area contributed by atoms with Gasteiger partial charge in [0.15, 0.2) is 0 Å². The topological polar surface area (TPSA) is 15.3 Å². The van der Waals surface area contributed by atoms with Crippen molar-refractivity contribution < 1.29 is 0 Å². The van der Waals surface area contributed by atoms with E-state index in [0.29, 0.717) is 6.04 Å². The van der Waals surface area contributed by atoms with E-state index >= 15 is 0 Å². The number of nitrogens with one attached hydrogen (secondary N) is 1. The maximum Gasteiger partial charge on any atom is 0.0377 e. The van der Waals surface area contributed by atoms with Crippen LogP contribution in [0, 0.1) is 19.8 Å². The first-order valence-electron chi connectivity index (χ1n) is 8.19. The molecule has 0 aliphatic carbocycles. The van der Waals surface area contributed by atoms with Gasteiger partial charge in [-0.05, 0) is 75.5 Å². The number of hydrogen-bond donors (Lipinski definition) is 1. The zero-order valence-electron chi connectivity index (χ0n) is 13.6. The van der Waals surface area contributed by atoms with Crippen molar-refractivity contribution in [3.8, 4) is 0 Å². The Hall–Kier alpha value is -0.860. The molecule has 0 aromatic heterocycles. The maximum atomic E-state index is 3.50. The van der Waals surface area contributed by atoms with E-state index in [9.17, 15) is 0 Å². The molecule has 1 aromatic carbocycles. The van der Waals surface area contributed by atoms with Crippen LogP contribution in [0.3, 0.4) is 0 Å². The lowest BCUT2D eigenvalue weighted by Crippen LogP contribution is -2.39. The molecule has 1 N–H and O–H groups in total. The van der Waals surface area contributed by atoms with E-state index in [4.69, 9.17) is 0 Å². The van der Waals surface area contributed by atoms with Crippen LogP contribution >= 0.6 is 0 Å². The second-order valence-electron chi connectivity index (χ2n) is 6.10. The van der Waals surface area contributed by atoms with Gasteiger partial charge in [0.25, 0.3) is 0 Å². The molecule has 0 amide bonds. The normalized spacial score (nSPS) is 18.4. The molecular formula is C18H30N2. The Bertz CT molecular complexity index is 417. The van der Waals surface area contributed by atoms with Gasteiger partial charge < -0.3 is 5.32 Å². The van der Waals surface area contributed by atoms with Crippen LogP contribution in [0.5, 0.6) is 0 Å². The molecule has 0 radical (unpaired) electrons. The van der Waals surface area contributed by atoms with Crippen molar-refractivity contribution >= 4 is 0 Å². The van der Waals surface area contributed by atoms with Gasteiger partial charge in [-0.25, -0.2) is 0 Å². The highest BCUT2D eigenvalue weighted by Crippen LogP contribution is 2.34. The maximum absolute atomic E-state index is 3.50. The summed E-state index contributed by atoms with van der Waals surface area (Å²) < 4.78 is 0. The standard InChI is InChI=1S/C18H30N2/c1-5-20(6-2)18(16-9-11-19-12-10-16)17-8-7-14(3)15(4)13-17/h7-8,13,16,18-19H,5-6,9-12H2,1-4H3. The third-order valence-corrected chi connectivity index (χ3v) is 4.91. The van der Waals surface area contributed by atoms with E-state index in [0.717, 1.165) is 19.0 Å². The Kier molecular flexibility index (Phi) is 5.62. The van der Waals surface area contributed by atoms with E-state index < -0.39 is 0 Å². The predicted molar refractivity (Wildman–Crippen MR) is 87.2 cm³/mol. The van der Waals surface area contributed by atoms with Gasteiger partial charge in [-0.15, -0.1) is 0 Å². The summed E-state index contributed by atoms with van der Waals surface area (Å²) in [7, 11) is 0. The second kappa shape index (κ2) is 7.24. The lowest BCUT2D eigenvalue weighted by atomic mass is 9.84. The van der Waals surface area contributed by atoms with E-state index in [-0.39, 0.29) is 0 Å². The fourth-order valence-corrected chi connectivity index (χ4v) is 3.51. The number of benzene rings is 1. The minimum Gasteiger partial charge on any atom is -0.317 e. The molecule has 1 saturated heterocycles. The first-order chi connectivity index (χ1) is 9.67. The summed E-state index contributed by atoms with van der Waals surface area (Å²) >= 11 is 0. The predicted octanol–water partition coefficient (Wildman–Crippen LogP) is 3.69. The van der Waals surface area contributed by atoms with Crippen molar-refractivity contribution in [1.29, 1.82) is 0 Å². The SMILES string of the molecule is CCN(CC)C(c1ccc(C)c(C)c1)C1CCNCC1. The number of rotatable bonds is 5. The molecule has 112 valence electrons. The highest BCUT2D eigenvalue weighted by atomic mass is 15.2. The fourth-order valence-electron chi connectivity index (χ4n) is 3.51. The number of hydrogen-bond acceptors (Lipinski definition) is 2. The van der Waals surface area contributed by atoms with Crippen LogP contribution in [0.4, 0.5) is 0 Å². The van der Waals surface area contributed by atoms with Gasteiger partial charge in [-0.2, -0.15) is 0 Å². The smallest absolute Gasteiger partial charge is 0.0377 e. The molecule has 2 heteroatoms. The number of piperidine rings is 1. The molecule has 20 heavy (non-hydrogen) atoms. The summed E-state index contributed by atoms with van der Waals surface area (Å²) in [5.74, 6) is 0.790. The zero-order valence-corrected chi connectivity index (χ0v) is 13.6. The fraction of sp³-hybridized carbons (Fsp3) is 0.667. The monoisotopic (exact) mass is 274 g/mol. The van der Waals surface area contributed by atoms with Crippen LogP contribution in [-0.4, -0.2) is 31.1 Å². The molecule has 2 rings (SSSR count). The first-order valence-corrected chi connectivity index (χ1v) is 8.19. The Morgan fingerprint density at radius 2 is 1.75 bits per heavy atom. The minimum atomic E-state index is 0.589. The molecule has 1 aliphatic heterocycles. The van der Waals surface area contributed by atoms with Crippen molar-refractivity contribution in [2.45, 2.75) is 46.6 Å². The third kappa shape index (κ3) is 3.42. The van der Waals surface area contributed by atoms with Crippen molar-refractivity contribution in [2.24, 2.45) is 5.92 Å².